The third-order valence-corrected chi connectivity index (χ3v) is 3.77. The Balaban J connectivity index is 1.88. The zero-order chi connectivity index (χ0) is 11.1. The first-order chi connectivity index (χ1) is 7.06. The maximum Gasteiger partial charge on any atom is 0.241 e. The summed E-state index contributed by atoms with van der Waals surface area (Å²) < 4.78 is 0. The molecule has 0 aromatic heterocycles. The van der Waals surface area contributed by atoms with Crippen LogP contribution in [0, 0.1) is 5.41 Å². The predicted octanol–water partition coefficient (Wildman–Crippen LogP) is 1.73. The minimum absolute atomic E-state index is 0.0985. The molecule has 0 spiro atoms. The van der Waals surface area contributed by atoms with Crippen LogP contribution in [-0.2, 0) is 4.79 Å². The molecule has 3 heteroatoms. The topological polar surface area (TPSA) is 32.3 Å². The van der Waals surface area contributed by atoms with Crippen LogP contribution in [0.25, 0.3) is 0 Å². The molecule has 0 aromatic rings. The first-order valence-electron chi connectivity index (χ1n) is 6.10. The van der Waals surface area contributed by atoms with Crippen molar-refractivity contribution in [3.63, 3.8) is 0 Å². The van der Waals surface area contributed by atoms with Gasteiger partial charge in [0.15, 0.2) is 0 Å². The Morgan fingerprint density at radius 3 is 2.73 bits per heavy atom. The fourth-order valence-electron chi connectivity index (χ4n) is 2.44. The molecule has 2 rings (SSSR count). The Morgan fingerprint density at radius 2 is 2.20 bits per heavy atom. The maximum atomic E-state index is 12.0. The lowest BCUT2D eigenvalue weighted by Gasteiger charge is -2.17. The molecule has 86 valence electrons. The highest BCUT2D eigenvalue weighted by Crippen LogP contribution is 2.49. The first-order valence-corrected chi connectivity index (χ1v) is 6.10. The Bertz CT molecular complexity index is 262. The number of hydrogen-bond donors (Lipinski definition) is 1. The monoisotopic (exact) mass is 210 g/mol. The van der Waals surface area contributed by atoms with E-state index in [9.17, 15) is 4.79 Å². The van der Waals surface area contributed by atoms with Gasteiger partial charge in [0, 0.05) is 6.04 Å². The van der Waals surface area contributed by atoms with E-state index in [1.165, 1.54) is 12.8 Å². The van der Waals surface area contributed by atoms with Crippen molar-refractivity contribution in [2.75, 3.05) is 6.67 Å². The summed E-state index contributed by atoms with van der Waals surface area (Å²) in [6, 6.07) is 0.588. The number of nitrogens with zero attached hydrogens (tertiary/aromatic N) is 1. The van der Waals surface area contributed by atoms with Crippen molar-refractivity contribution in [2.45, 2.75) is 58.5 Å². The smallest absolute Gasteiger partial charge is 0.241 e. The van der Waals surface area contributed by atoms with Crippen LogP contribution in [0.1, 0.15) is 46.5 Å². The number of carbonyl (C=O) groups is 1. The standard InChI is InChI=1S/C12H22N2O/c1-4-5-6-9-11(15)14(8-13-9)10-7-12(10,2)3/h9-10,13H,4-8H2,1-3H3. The van der Waals surface area contributed by atoms with Gasteiger partial charge in [-0.05, 0) is 18.3 Å². The van der Waals surface area contributed by atoms with Crippen molar-refractivity contribution < 1.29 is 4.79 Å². The van der Waals surface area contributed by atoms with Crippen molar-refractivity contribution in [3.05, 3.63) is 0 Å². The van der Waals surface area contributed by atoms with Crippen LogP contribution in [-0.4, -0.2) is 29.6 Å². The van der Waals surface area contributed by atoms with E-state index in [4.69, 9.17) is 0 Å². The van der Waals surface area contributed by atoms with Gasteiger partial charge in [-0.25, -0.2) is 0 Å². The molecule has 0 bridgehead atoms. The van der Waals surface area contributed by atoms with Gasteiger partial charge in [0.1, 0.15) is 0 Å². The molecule has 1 heterocycles. The summed E-state index contributed by atoms with van der Waals surface area (Å²) in [5.74, 6) is 0.332. The lowest BCUT2D eigenvalue weighted by atomic mass is 10.1. The van der Waals surface area contributed by atoms with Gasteiger partial charge in [-0.2, -0.15) is 0 Å². The SMILES string of the molecule is CCCCC1NCN(C2CC2(C)C)C1=O. The molecule has 2 aliphatic rings. The molecule has 1 aliphatic heterocycles. The molecule has 2 atom stereocenters. The normalized spacial score (nSPS) is 33.5. The van der Waals surface area contributed by atoms with E-state index in [1.54, 1.807) is 0 Å². The Kier molecular flexibility index (Phi) is 2.75. The summed E-state index contributed by atoms with van der Waals surface area (Å²) in [5.41, 5.74) is 0.358. The summed E-state index contributed by atoms with van der Waals surface area (Å²) in [6.07, 6.45) is 4.48. The van der Waals surface area contributed by atoms with Crippen LogP contribution in [0.15, 0.2) is 0 Å². The van der Waals surface area contributed by atoms with Crippen LogP contribution in [0.2, 0.25) is 0 Å². The van der Waals surface area contributed by atoms with Gasteiger partial charge < -0.3 is 4.90 Å². The second-order valence-electron chi connectivity index (χ2n) is 5.57. The number of rotatable bonds is 4. The minimum atomic E-state index is 0.0985. The fraction of sp³-hybridized carbons (Fsp3) is 0.917. The quantitative estimate of drug-likeness (QED) is 0.766. The second-order valence-corrected chi connectivity index (χ2v) is 5.57. The van der Waals surface area contributed by atoms with Gasteiger partial charge >= 0.3 is 0 Å². The van der Waals surface area contributed by atoms with Crippen LogP contribution >= 0.6 is 0 Å². The average molecular weight is 210 g/mol. The second kappa shape index (κ2) is 3.78. The highest BCUT2D eigenvalue weighted by molar-refractivity contribution is 5.84. The van der Waals surface area contributed by atoms with E-state index in [0.29, 0.717) is 17.4 Å². The number of hydrogen-bond acceptors (Lipinski definition) is 2. The molecular weight excluding hydrogens is 188 g/mol. The number of amides is 1. The third kappa shape index (κ3) is 2.03. The summed E-state index contributed by atoms with van der Waals surface area (Å²) >= 11 is 0. The van der Waals surface area contributed by atoms with Gasteiger partial charge in [0.05, 0.1) is 12.7 Å². The maximum absolute atomic E-state index is 12.0. The van der Waals surface area contributed by atoms with Crippen molar-refractivity contribution >= 4 is 5.91 Å². The Hall–Kier alpha value is -0.570. The Morgan fingerprint density at radius 1 is 1.53 bits per heavy atom. The molecule has 1 amide bonds. The lowest BCUT2D eigenvalue weighted by molar-refractivity contribution is -0.129. The molecule has 0 aromatic carbocycles. The largest absolute Gasteiger partial charge is 0.325 e. The first kappa shape index (κ1) is 10.9. The third-order valence-electron chi connectivity index (χ3n) is 3.77. The molecule has 0 radical (unpaired) electrons. The van der Waals surface area contributed by atoms with Crippen molar-refractivity contribution in [2.24, 2.45) is 5.41 Å². The summed E-state index contributed by atoms with van der Waals surface area (Å²) in [7, 11) is 0. The molecule has 1 saturated carbocycles. The molecule has 3 nitrogen and oxygen atoms in total. The highest BCUT2D eigenvalue weighted by atomic mass is 16.2. The van der Waals surface area contributed by atoms with Crippen LogP contribution in [0.4, 0.5) is 0 Å². The highest BCUT2D eigenvalue weighted by Gasteiger charge is 2.53. The van der Waals surface area contributed by atoms with E-state index in [-0.39, 0.29) is 6.04 Å². The van der Waals surface area contributed by atoms with Crippen molar-refractivity contribution in [1.29, 1.82) is 0 Å². The Labute approximate surface area is 92.2 Å². The van der Waals surface area contributed by atoms with Crippen LogP contribution in [0.5, 0.6) is 0 Å². The van der Waals surface area contributed by atoms with Crippen LogP contribution in [0.3, 0.4) is 0 Å². The molecule has 1 saturated heterocycles. The van der Waals surface area contributed by atoms with Crippen molar-refractivity contribution in [1.82, 2.24) is 10.2 Å². The van der Waals surface area contributed by atoms with Gasteiger partial charge in [-0.3, -0.25) is 10.1 Å². The molecule has 2 fully saturated rings. The zero-order valence-corrected chi connectivity index (χ0v) is 10.0. The van der Waals surface area contributed by atoms with Crippen LogP contribution < -0.4 is 5.32 Å². The van der Waals surface area contributed by atoms with E-state index in [2.05, 4.69) is 26.1 Å². The minimum Gasteiger partial charge on any atom is -0.325 e. The van der Waals surface area contributed by atoms with E-state index in [1.807, 2.05) is 4.90 Å². The van der Waals surface area contributed by atoms with E-state index >= 15 is 0 Å². The molecule has 1 N–H and O–H groups in total. The lowest BCUT2D eigenvalue weighted by Crippen LogP contribution is -2.33. The molecular formula is C12H22N2O. The van der Waals surface area contributed by atoms with Gasteiger partial charge in [-0.15, -0.1) is 0 Å². The summed E-state index contributed by atoms with van der Waals surface area (Å²) in [5, 5.41) is 3.33. The van der Waals surface area contributed by atoms with Gasteiger partial charge in [-0.1, -0.05) is 33.6 Å². The number of carbonyl (C=O) groups excluding carboxylic acids is 1. The van der Waals surface area contributed by atoms with E-state index < -0.39 is 0 Å². The fourth-order valence-corrected chi connectivity index (χ4v) is 2.44. The summed E-state index contributed by atoms with van der Waals surface area (Å²) in [6.45, 7) is 7.41. The average Bonchev–Trinajstić information content (AvgIpc) is 2.66. The zero-order valence-electron chi connectivity index (χ0n) is 10.0. The number of unbranched alkanes of at least 4 members (excludes halogenated alkanes) is 1. The molecule has 15 heavy (non-hydrogen) atoms. The summed E-state index contributed by atoms with van der Waals surface area (Å²) in [4.78, 5) is 14.1. The van der Waals surface area contributed by atoms with Gasteiger partial charge in [0.2, 0.25) is 5.91 Å². The predicted molar refractivity (Wildman–Crippen MR) is 60.3 cm³/mol. The van der Waals surface area contributed by atoms with E-state index in [0.717, 1.165) is 19.5 Å². The van der Waals surface area contributed by atoms with Crippen molar-refractivity contribution in [3.8, 4) is 0 Å². The number of nitrogens with one attached hydrogen (secondary N) is 1. The molecule has 2 unspecified atom stereocenters. The molecule has 1 aliphatic carbocycles. The van der Waals surface area contributed by atoms with Gasteiger partial charge in [0.25, 0.3) is 0 Å².